The van der Waals surface area contributed by atoms with E-state index in [1.807, 2.05) is 12.1 Å². The fourth-order valence-electron chi connectivity index (χ4n) is 3.59. The Labute approximate surface area is 173 Å². The van der Waals surface area contributed by atoms with Gasteiger partial charge in [-0.25, -0.2) is 15.0 Å². The van der Waals surface area contributed by atoms with E-state index in [1.165, 1.54) is 4.57 Å². The number of fused-ring (bicyclic) bond motifs is 1. The monoisotopic (exact) mass is 405 g/mol. The normalized spacial score (nSPS) is 14.1. The lowest BCUT2D eigenvalue weighted by Crippen LogP contribution is -2.24. The largest absolute Gasteiger partial charge is 0.481 e. The number of carbonyl (C=O) groups is 1. The van der Waals surface area contributed by atoms with Crippen molar-refractivity contribution in [3.05, 3.63) is 58.4 Å². The molecular formula is C22H23N5O3. The van der Waals surface area contributed by atoms with Gasteiger partial charge in [-0.1, -0.05) is 12.1 Å². The molecule has 0 aliphatic carbocycles. The van der Waals surface area contributed by atoms with E-state index in [0.29, 0.717) is 23.1 Å². The summed E-state index contributed by atoms with van der Waals surface area (Å²) in [5.41, 5.74) is 1.24. The third kappa shape index (κ3) is 4.37. The molecule has 154 valence electrons. The fraction of sp³-hybridized carbons (Fsp3) is 0.318. The van der Waals surface area contributed by atoms with Gasteiger partial charge >= 0.3 is 5.97 Å². The minimum absolute atomic E-state index is 0.00573. The Bertz CT molecular complexity index is 1130. The highest BCUT2D eigenvalue weighted by Crippen LogP contribution is 2.16. The second-order valence-corrected chi connectivity index (χ2v) is 7.29. The lowest BCUT2D eigenvalue weighted by Gasteiger charge is -2.14. The number of aromatic nitrogens is 4. The maximum absolute atomic E-state index is 12.9. The van der Waals surface area contributed by atoms with E-state index in [0.717, 1.165) is 37.4 Å². The third-order valence-corrected chi connectivity index (χ3v) is 5.14. The van der Waals surface area contributed by atoms with Crippen molar-refractivity contribution in [1.82, 2.24) is 19.5 Å². The van der Waals surface area contributed by atoms with Crippen LogP contribution < -0.4 is 10.5 Å². The van der Waals surface area contributed by atoms with Gasteiger partial charge in [0.1, 0.15) is 5.82 Å². The quantitative estimate of drug-likeness (QED) is 0.645. The van der Waals surface area contributed by atoms with Crippen molar-refractivity contribution >= 4 is 35.0 Å². The molecule has 8 heteroatoms. The van der Waals surface area contributed by atoms with Crippen LogP contribution in [0.1, 0.15) is 37.1 Å². The smallest absolute Gasteiger partial charge is 0.303 e. The van der Waals surface area contributed by atoms with Crippen molar-refractivity contribution in [2.45, 2.75) is 32.2 Å². The SMILES string of the molecule is O=C(O)CCCn1c(/C=C/c2cnc(N3CCCC3)nc2)nc2ccccc2c1=O. The topological polar surface area (TPSA) is 101 Å². The zero-order valence-corrected chi connectivity index (χ0v) is 16.6. The molecule has 8 nitrogen and oxygen atoms in total. The lowest BCUT2D eigenvalue weighted by atomic mass is 10.2. The summed E-state index contributed by atoms with van der Waals surface area (Å²) in [7, 11) is 0. The predicted molar refractivity (Wildman–Crippen MR) is 115 cm³/mol. The Kier molecular flexibility index (Phi) is 5.83. The summed E-state index contributed by atoms with van der Waals surface area (Å²) in [5, 5.41) is 9.44. The molecule has 0 atom stereocenters. The van der Waals surface area contributed by atoms with Gasteiger partial charge in [-0.2, -0.15) is 0 Å². The van der Waals surface area contributed by atoms with Crippen LogP contribution >= 0.6 is 0 Å². The predicted octanol–water partition coefficient (Wildman–Crippen LogP) is 2.82. The van der Waals surface area contributed by atoms with Gasteiger partial charge in [-0.05, 0) is 43.5 Å². The van der Waals surface area contributed by atoms with Crippen molar-refractivity contribution in [3.8, 4) is 0 Å². The molecule has 1 saturated heterocycles. The maximum atomic E-state index is 12.9. The lowest BCUT2D eigenvalue weighted by molar-refractivity contribution is -0.137. The van der Waals surface area contributed by atoms with E-state index >= 15 is 0 Å². The highest BCUT2D eigenvalue weighted by atomic mass is 16.4. The van der Waals surface area contributed by atoms with E-state index in [4.69, 9.17) is 5.11 Å². The van der Waals surface area contributed by atoms with Crippen molar-refractivity contribution < 1.29 is 9.90 Å². The molecule has 0 saturated carbocycles. The van der Waals surface area contributed by atoms with Gasteiger partial charge in [0.2, 0.25) is 5.95 Å². The van der Waals surface area contributed by atoms with Crippen LogP contribution in [0.3, 0.4) is 0 Å². The Balaban J connectivity index is 1.62. The number of carboxylic acid groups (broad SMARTS) is 1. The fourth-order valence-corrected chi connectivity index (χ4v) is 3.59. The summed E-state index contributed by atoms with van der Waals surface area (Å²) in [6, 6.07) is 7.16. The standard InChI is InChI=1S/C22H23N5O3/c28-20(29)8-5-13-27-19(25-18-7-2-1-6-17(18)21(27)30)10-9-16-14-23-22(24-15-16)26-11-3-4-12-26/h1-2,6-7,9-10,14-15H,3-5,8,11-13H2,(H,28,29)/b10-9+. The third-order valence-electron chi connectivity index (χ3n) is 5.14. The highest BCUT2D eigenvalue weighted by Gasteiger charge is 2.14. The number of hydrogen-bond donors (Lipinski definition) is 1. The number of aliphatic carboxylic acids is 1. The first kappa shape index (κ1) is 19.8. The second-order valence-electron chi connectivity index (χ2n) is 7.29. The molecule has 0 radical (unpaired) electrons. The van der Waals surface area contributed by atoms with Gasteiger partial charge in [-0.3, -0.25) is 14.2 Å². The maximum Gasteiger partial charge on any atom is 0.303 e. The minimum Gasteiger partial charge on any atom is -0.481 e. The number of benzene rings is 1. The first-order chi connectivity index (χ1) is 14.6. The van der Waals surface area contributed by atoms with Gasteiger partial charge in [0, 0.05) is 44.0 Å². The average molecular weight is 405 g/mol. The summed E-state index contributed by atoms with van der Waals surface area (Å²) < 4.78 is 1.53. The Morgan fingerprint density at radius 2 is 1.83 bits per heavy atom. The number of rotatable bonds is 7. The number of para-hydroxylation sites is 1. The summed E-state index contributed by atoms with van der Waals surface area (Å²) >= 11 is 0. The molecular weight excluding hydrogens is 382 g/mol. The summed E-state index contributed by atoms with van der Waals surface area (Å²) in [6.45, 7) is 2.25. The molecule has 3 heterocycles. The average Bonchev–Trinajstić information content (AvgIpc) is 3.29. The van der Waals surface area contributed by atoms with Crippen LogP contribution in [0.15, 0.2) is 41.5 Å². The van der Waals surface area contributed by atoms with Gasteiger partial charge < -0.3 is 10.0 Å². The molecule has 1 aliphatic rings. The van der Waals surface area contributed by atoms with Crippen LogP contribution in [-0.2, 0) is 11.3 Å². The molecule has 0 unspecified atom stereocenters. The Hall–Kier alpha value is -3.55. The van der Waals surface area contributed by atoms with Crippen LogP contribution in [0.25, 0.3) is 23.1 Å². The van der Waals surface area contributed by atoms with Crippen LogP contribution in [0.5, 0.6) is 0 Å². The molecule has 1 aromatic carbocycles. The van der Waals surface area contributed by atoms with E-state index < -0.39 is 5.97 Å². The zero-order valence-electron chi connectivity index (χ0n) is 16.6. The van der Waals surface area contributed by atoms with Crippen LogP contribution in [0.2, 0.25) is 0 Å². The van der Waals surface area contributed by atoms with E-state index in [-0.39, 0.29) is 18.5 Å². The first-order valence-corrected chi connectivity index (χ1v) is 10.1. The molecule has 1 aliphatic heterocycles. The number of carboxylic acids is 1. The van der Waals surface area contributed by atoms with E-state index in [2.05, 4.69) is 19.9 Å². The molecule has 2 aromatic heterocycles. The van der Waals surface area contributed by atoms with Crippen molar-refractivity contribution in [3.63, 3.8) is 0 Å². The molecule has 0 amide bonds. The van der Waals surface area contributed by atoms with Crippen LogP contribution in [0.4, 0.5) is 5.95 Å². The molecule has 1 fully saturated rings. The molecule has 4 rings (SSSR count). The van der Waals surface area contributed by atoms with Gasteiger partial charge in [0.05, 0.1) is 10.9 Å². The summed E-state index contributed by atoms with van der Waals surface area (Å²) in [4.78, 5) is 39.5. The number of anilines is 1. The van der Waals surface area contributed by atoms with Gasteiger partial charge in [0.15, 0.2) is 0 Å². The Morgan fingerprint density at radius 1 is 1.10 bits per heavy atom. The second kappa shape index (κ2) is 8.86. The highest BCUT2D eigenvalue weighted by molar-refractivity contribution is 5.79. The summed E-state index contributed by atoms with van der Waals surface area (Å²) in [5.74, 6) is 0.330. The molecule has 0 spiro atoms. The molecule has 0 bridgehead atoms. The molecule has 1 N–H and O–H groups in total. The van der Waals surface area contributed by atoms with Gasteiger partial charge in [-0.15, -0.1) is 0 Å². The molecule has 30 heavy (non-hydrogen) atoms. The number of hydrogen-bond acceptors (Lipinski definition) is 6. The number of nitrogens with zero attached hydrogens (tertiary/aromatic N) is 5. The first-order valence-electron chi connectivity index (χ1n) is 10.1. The summed E-state index contributed by atoms with van der Waals surface area (Å²) in [6.07, 6.45) is 9.76. The Morgan fingerprint density at radius 3 is 2.57 bits per heavy atom. The minimum atomic E-state index is -0.885. The van der Waals surface area contributed by atoms with Crippen molar-refractivity contribution in [2.24, 2.45) is 0 Å². The van der Waals surface area contributed by atoms with E-state index in [1.54, 1.807) is 36.7 Å². The van der Waals surface area contributed by atoms with Crippen molar-refractivity contribution in [2.75, 3.05) is 18.0 Å². The zero-order chi connectivity index (χ0) is 20.9. The van der Waals surface area contributed by atoms with Gasteiger partial charge in [0.25, 0.3) is 5.56 Å². The van der Waals surface area contributed by atoms with Crippen LogP contribution in [-0.4, -0.2) is 43.7 Å². The van der Waals surface area contributed by atoms with Crippen molar-refractivity contribution in [1.29, 1.82) is 0 Å². The van der Waals surface area contributed by atoms with Crippen LogP contribution in [0, 0.1) is 0 Å². The van der Waals surface area contributed by atoms with E-state index in [9.17, 15) is 9.59 Å². The molecule has 3 aromatic rings.